The van der Waals surface area contributed by atoms with Crippen molar-refractivity contribution in [1.29, 1.82) is 0 Å². The summed E-state index contributed by atoms with van der Waals surface area (Å²) in [4.78, 5) is 0. The van der Waals surface area contributed by atoms with Crippen LogP contribution >= 0.6 is 15.9 Å². The molecule has 1 aromatic rings. The van der Waals surface area contributed by atoms with Crippen LogP contribution in [0, 0.1) is 5.82 Å². The molecule has 1 atom stereocenters. The van der Waals surface area contributed by atoms with Crippen LogP contribution in [-0.4, -0.2) is 6.54 Å². The van der Waals surface area contributed by atoms with E-state index in [-0.39, 0.29) is 11.9 Å². The van der Waals surface area contributed by atoms with Crippen molar-refractivity contribution < 1.29 is 4.39 Å². The maximum Gasteiger partial charge on any atom is 0.124 e. The third-order valence-corrected chi connectivity index (χ3v) is 2.53. The summed E-state index contributed by atoms with van der Waals surface area (Å²) in [5.41, 5.74) is 12.1. The highest BCUT2D eigenvalue weighted by molar-refractivity contribution is 9.10. The highest BCUT2D eigenvalue weighted by atomic mass is 79.9. The third kappa shape index (κ3) is 2.76. The topological polar surface area (TPSA) is 52.0 Å². The predicted octanol–water partition coefficient (Wildman–Crippen LogP) is 1.94. The summed E-state index contributed by atoms with van der Waals surface area (Å²) in [6.45, 7) is 0.533. The second-order valence-corrected chi connectivity index (χ2v) is 3.70. The summed E-state index contributed by atoms with van der Waals surface area (Å²) in [5.74, 6) is -0.268. The highest BCUT2D eigenvalue weighted by Gasteiger charge is 2.09. The fraction of sp³-hybridized carbons (Fsp3) is 0.333. The minimum atomic E-state index is -0.268. The molecule has 2 nitrogen and oxygen atoms in total. The van der Waals surface area contributed by atoms with Crippen LogP contribution in [0.1, 0.15) is 18.0 Å². The van der Waals surface area contributed by atoms with E-state index in [0.29, 0.717) is 17.4 Å². The normalized spacial score (nSPS) is 12.9. The van der Waals surface area contributed by atoms with Crippen LogP contribution in [0.2, 0.25) is 0 Å². The Labute approximate surface area is 85.2 Å². The van der Waals surface area contributed by atoms with Crippen LogP contribution in [0.4, 0.5) is 4.39 Å². The zero-order valence-corrected chi connectivity index (χ0v) is 8.72. The summed E-state index contributed by atoms with van der Waals surface area (Å²) >= 11 is 3.26. The molecule has 0 heterocycles. The van der Waals surface area contributed by atoms with Gasteiger partial charge in [0, 0.05) is 10.5 Å². The minimum Gasteiger partial charge on any atom is -0.330 e. The second-order valence-electron chi connectivity index (χ2n) is 2.85. The van der Waals surface area contributed by atoms with Crippen LogP contribution in [0.25, 0.3) is 0 Å². The molecular formula is C9H12BrFN2. The van der Waals surface area contributed by atoms with Crippen molar-refractivity contribution in [2.75, 3.05) is 6.54 Å². The average molecular weight is 247 g/mol. The molecule has 0 saturated heterocycles. The van der Waals surface area contributed by atoms with E-state index in [4.69, 9.17) is 11.5 Å². The van der Waals surface area contributed by atoms with E-state index in [1.807, 2.05) is 0 Å². The van der Waals surface area contributed by atoms with Crippen LogP contribution in [-0.2, 0) is 0 Å². The molecule has 0 aliphatic rings. The molecule has 4 N–H and O–H groups in total. The molecule has 0 aliphatic carbocycles. The van der Waals surface area contributed by atoms with E-state index in [9.17, 15) is 4.39 Å². The quantitative estimate of drug-likeness (QED) is 0.857. The third-order valence-electron chi connectivity index (χ3n) is 1.84. The first-order chi connectivity index (χ1) is 6.15. The molecule has 4 heteroatoms. The monoisotopic (exact) mass is 246 g/mol. The first-order valence-corrected chi connectivity index (χ1v) is 4.85. The van der Waals surface area contributed by atoms with Gasteiger partial charge in [-0.25, -0.2) is 4.39 Å². The lowest BCUT2D eigenvalue weighted by Crippen LogP contribution is -2.15. The maximum atomic E-state index is 12.7. The number of hydrogen-bond acceptors (Lipinski definition) is 2. The molecule has 13 heavy (non-hydrogen) atoms. The lowest BCUT2D eigenvalue weighted by molar-refractivity contribution is 0.618. The molecule has 0 radical (unpaired) electrons. The number of benzene rings is 1. The minimum absolute atomic E-state index is 0.125. The van der Waals surface area contributed by atoms with E-state index in [2.05, 4.69) is 15.9 Å². The van der Waals surface area contributed by atoms with Gasteiger partial charge < -0.3 is 11.5 Å². The average Bonchev–Trinajstić information content (AvgIpc) is 2.04. The van der Waals surface area contributed by atoms with Crippen molar-refractivity contribution in [2.24, 2.45) is 11.5 Å². The number of hydrogen-bond donors (Lipinski definition) is 2. The molecule has 0 bridgehead atoms. The summed E-state index contributed by atoms with van der Waals surface area (Å²) < 4.78 is 13.4. The zero-order chi connectivity index (χ0) is 9.84. The molecule has 72 valence electrons. The Morgan fingerprint density at radius 2 is 2.15 bits per heavy atom. The van der Waals surface area contributed by atoms with Gasteiger partial charge in [-0.15, -0.1) is 0 Å². The van der Waals surface area contributed by atoms with Crippen molar-refractivity contribution in [3.63, 3.8) is 0 Å². The van der Waals surface area contributed by atoms with Crippen LogP contribution in [0.3, 0.4) is 0 Å². The predicted molar refractivity (Wildman–Crippen MR) is 54.7 cm³/mol. The largest absolute Gasteiger partial charge is 0.330 e. The van der Waals surface area contributed by atoms with Gasteiger partial charge in [0.1, 0.15) is 5.82 Å². The molecule has 1 rings (SSSR count). The van der Waals surface area contributed by atoms with Crippen LogP contribution in [0.5, 0.6) is 0 Å². The molecule has 0 fully saturated rings. The molecule has 0 spiro atoms. The van der Waals surface area contributed by atoms with Crippen LogP contribution < -0.4 is 11.5 Å². The van der Waals surface area contributed by atoms with E-state index in [0.717, 1.165) is 5.56 Å². The molecule has 1 unspecified atom stereocenters. The summed E-state index contributed by atoms with van der Waals surface area (Å²) in [6, 6.07) is 4.36. The van der Waals surface area contributed by atoms with Gasteiger partial charge >= 0.3 is 0 Å². The lowest BCUT2D eigenvalue weighted by Gasteiger charge is -2.12. The zero-order valence-electron chi connectivity index (χ0n) is 7.13. The van der Waals surface area contributed by atoms with Gasteiger partial charge in [-0.05, 0) is 30.7 Å². The van der Waals surface area contributed by atoms with Gasteiger partial charge in [0.25, 0.3) is 0 Å². The Morgan fingerprint density at radius 3 is 2.69 bits per heavy atom. The SMILES string of the molecule is NCCC(N)c1ccc(F)cc1Br. The number of rotatable bonds is 3. The second kappa shape index (κ2) is 4.69. The highest BCUT2D eigenvalue weighted by Crippen LogP contribution is 2.24. The molecule has 0 aromatic heterocycles. The van der Waals surface area contributed by atoms with E-state index in [1.165, 1.54) is 12.1 Å². The molecule has 1 aromatic carbocycles. The molecular weight excluding hydrogens is 235 g/mol. The van der Waals surface area contributed by atoms with Gasteiger partial charge in [-0.2, -0.15) is 0 Å². The van der Waals surface area contributed by atoms with Crippen molar-refractivity contribution in [2.45, 2.75) is 12.5 Å². The van der Waals surface area contributed by atoms with Crippen molar-refractivity contribution in [1.82, 2.24) is 0 Å². The number of halogens is 2. The Kier molecular flexibility index (Phi) is 3.84. The Morgan fingerprint density at radius 1 is 1.46 bits per heavy atom. The first kappa shape index (κ1) is 10.6. The summed E-state index contributed by atoms with van der Waals surface area (Å²) in [7, 11) is 0. The maximum absolute atomic E-state index is 12.7. The van der Waals surface area contributed by atoms with E-state index >= 15 is 0 Å². The van der Waals surface area contributed by atoms with Crippen molar-refractivity contribution in [3.05, 3.63) is 34.1 Å². The smallest absolute Gasteiger partial charge is 0.124 e. The lowest BCUT2D eigenvalue weighted by atomic mass is 10.1. The van der Waals surface area contributed by atoms with Crippen molar-refractivity contribution in [3.8, 4) is 0 Å². The van der Waals surface area contributed by atoms with Gasteiger partial charge in [0.15, 0.2) is 0 Å². The van der Waals surface area contributed by atoms with E-state index in [1.54, 1.807) is 6.07 Å². The van der Waals surface area contributed by atoms with E-state index < -0.39 is 0 Å². The molecule has 0 aliphatic heterocycles. The Bertz CT molecular complexity index is 291. The first-order valence-electron chi connectivity index (χ1n) is 4.05. The van der Waals surface area contributed by atoms with Gasteiger partial charge in [0.2, 0.25) is 0 Å². The molecule has 0 amide bonds. The van der Waals surface area contributed by atoms with Gasteiger partial charge in [-0.1, -0.05) is 22.0 Å². The summed E-state index contributed by atoms with van der Waals surface area (Å²) in [5, 5.41) is 0. The van der Waals surface area contributed by atoms with Crippen LogP contribution in [0.15, 0.2) is 22.7 Å². The standard InChI is InChI=1S/C9H12BrFN2/c10-8-5-6(11)1-2-7(8)9(13)3-4-12/h1-2,5,9H,3-4,12-13H2. The Hall–Kier alpha value is -0.450. The van der Waals surface area contributed by atoms with Gasteiger partial charge in [-0.3, -0.25) is 0 Å². The fourth-order valence-corrected chi connectivity index (χ4v) is 1.78. The van der Waals surface area contributed by atoms with Gasteiger partial charge in [0.05, 0.1) is 0 Å². The molecule has 0 saturated carbocycles. The number of nitrogens with two attached hydrogens (primary N) is 2. The van der Waals surface area contributed by atoms with Crippen molar-refractivity contribution >= 4 is 15.9 Å². The Balaban J connectivity index is 2.88. The summed E-state index contributed by atoms with van der Waals surface area (Å²) in [6.07, 6.45) is 0.699. The fourth-order valence-electron chi connectivity index (χ4n) is 1.14.